The first-order chi connectivity index (χ1) is 8.27. The van der Waals surface area contributed by atoms with Crippen molar-refractivity contribution >= 4 is 5.91 Å². The number of carbonyl (C=O) groups excluding carboxylic acids is 1. The van der Waals surface area contributed by atoms with Gasteiger partial charge >= 0.3 is 0 Å². The van der Waals surface area contributed by atoms with Crippen LogP contribution in [-0.2, 0) is 6.54 Å². The van der Waals surface area contributed by atoms with Crippen LogP contribution in [0.3, 0.4) is 0 Å². The summed E-state index contributed by atoms with van der Waals surface area (Å²) in [5.74, 6) is -0.00439. The van der Waals surface area contributed by atoms with E-state index in [9.17, 15) is 4.79 Å². The average Bonchev–Trinajstić information content (AvgIpc) is 2.82. The maximum absolute atomic E-state index is 11.9. The lowest BCUT2D eigenvalue weighted by molar-refractivity contribution is 0.0951. The fraction of sp³-hybridized carbons (Fsp3) is 0.214. The lowest BCUT2D eigenvalue weighted by Gasteiger charge is -2.08. The number of carbonyl (C=O) groups is 1. The molecule has 17 heavy (non-hydrogen) atoms. The Hall–Kier alpha value is -2.03. The van der Waals surface area contributed by atoms with E-state index in [1.807, 2.05) is 60.3 Å². The normalized spacial score (nSPS) is 10.2. The van der Waals surface area contributed by atoms with Crippen LogP contribution >= 0.6 is 0 Å². The van der Waals surface area contributed by atoms with Gasteiger partial charge in [0.2, 0.25) is 0 Å². The van der Waals surface area contributed by atoms with E-state index >= 15 is 0 Å². The molecule has 0 aliphatic carbocycles. The van der Waals surface area contributed by atoms with Gasteiger partial charge in [0.05, 0.1) is 0 Å². The van der Waals surface area contributed by atoms with Crippen LogP contribution in [0.1, 0.15) is 15.9 Å². The molecule has 1 aromatic heterocycles. The van der Waals surface area contributed by atoms with Gasteiger partial charge in [-0.3, -0.25) is 4.79 Å². The number of aryl methyl sites for hydroxylation is 1. The van der Waals surface area contributed by atoms with Gasteiger partial charge in [0.1, 0.15) is 0 Å². The highest BCUT2D eigenvalue weighted by molar-refractivity contribution is 5.95. The van der Waals surface area contributed by atoms with Crippen molar-refractivity contribution in [2.75, 3.05) is 6.54 Å². The number of benzene rings is 1. The largest absolute Gasteiger partial charge is 0.353 e. The summed E-state index contributed by atoms with van der Waals surface area (Å²) in [7, 11) is 0. The number of hydrogen-bond donors (Lipinski definition) is 1. The lowest BCUT2D eigenvalue weighted by atomic mass is 10.1. The topological polar surface area (TPSA) is 34.0 Å². The molecule has 0 saturated heterocycles. The summed E-state index contributed by atoms with van der Waals surface area (Å²) >= 11 is 0. The summed E-state index contributed by atoms with van der Waals surface area (Å²) in [5, 5.41) is 2.92. The minimum atomic E-state index is -0.00439. The summed E-state index contributed by atoms with van der Waals surface area (Å²) in [6.45, 7) is 3.38. The molecule has 1 aromatic carbocycles. The highest BCUT2D eigenvalue weighted by Crippen LogP contribution is 2.06. The second-order valence-corrected chi connectivity index (χ2v) is 3.99. The Morgan fingerprint density at radius 2 is 1.88 bits per heavy atom. The van der Waals surface area contributed by atoms with Crippen LogP contribution in [0, 0.1) is 6.92 Å². The van der Waals surface area contributed by atoms with Crippen molar-refractivity contribution in [2.45, 2.75) is 13.5 Å². The summed E-state index contributed by atoms with van der Waals surface area (Å²) in [4.78, 5) is 11.9. The van der Waals surface area contributed by atoms with Gasteiger partial charge in [0.15, 0.2) is 0 Å². The number of rotatable bonds is 4. The molecule has 88 valence electrons. The van der Waals surface area contributed by atoms with Crippen LogP contribution in [0.5, 0.6) is 0 Å². The van der Waals surface area contributed by atoms with Gasteiger partial charge in [0.25, 0.3) is 5.91 Å². The van der Waals surface area contributed by atoms with Crippen molar-refractivity contribution in [1.29, 1.82) is 0 Å². The third kappa shape index (κ3) is 2.97. The van der Waals surface area contributed by atoms with Crippen molar-refractivity contribution in [3.8, 4) is 0 Å². The molecule has 1 amide bonds. The maximum atomic E-state index is 11.9. The molecule has 0 aliphatic heterocycles. The molecule has 0 bridgehead atoms. The van der Waals surface area contributed by atoms with Gasteiger partial charge in [-0.15, -0.1) is 0 Å². The second kappa shape index (κ2) is 5.34. The zero-order valence-corrected chi connectivity index (χ0v) is 9.89. The summed E-state index contributed by atoms with van der Waals surface area (Å²) in [5.41, 5.74) is 1.76. The van der Waals surface area contributed by atoms with E-state index < -0.39 is 0 Å². The van der Waals surface area contributed by atoms with Crippen LogP contribution in [0.4, 0.5) is 0 Å². The lowest BCUT2D eigenvalue weighted by Crippen LogP contribution is -2.27. The fourth-order valence-electron chi connectivity index (χ4n) is 1.74. The van der Waals surface area contributed by atoms with Crippen LogP contribution in [0.2, 0.25) is 0 Å². The minimum Gasteiger partial charge on any atom is -0.353 e. The molecular formula is C14H16N2O. The molecule has 0 fully saturated rings. The molecule has 3 heteroatoms. The molecule has 0 saturated carbocycles. The van der Waals surface area contributed by atoms with Crippen LogP contribution < -0.4 is 5.32 Å². The highest BCUT2D eigenvalue weighted by Gasteiger charge is 2.06. The van der Waals surface area contributed by atoms with Gasteiger partial charge in [-0.05, 0) is 30.7 Å². The van der Waals surface area contributed by atoms with Gasteiger partial charge in [-0.25, -0.2) is 0 Å². The number of nitrogens with one attached hydrogen (secondary N) is 1. The van der Waals surface area contributed by atoms with Gasteiger partial charge in [-0.1, -0.05) is 18.2 Å². The smallest absolute Gasteiger partial charge is 0.251 e. The number of nitrogens with zero attached hydrogens (tertiary/aromatic N) is 1. The van der Waals surface area contributed by atoms with Gasteiger partial charge < -0.3 is 9.88 Å². The molecule has 2 rings (SSSR count). The van der Waals surface area contributed by atoms with Crippen molar-refractivity contribution in [1.82, 2.24) is 9.88 Å². The third-order valence-electron chi connectivity index (χ3n) is 2.71. The molecule has 0 atom stereocenters. The van der Waals surface area contributed by atoms with Crippen LogP contribution in [-0.4, -0.2) is 17.0 Å². The van der Waals surface area contributed by atoms with E-state index in [0.29, 0.717) is 6.54 Å². The molecule has 1 N–H and O–H groups in total. The Bertz CT molecular complexity index is 489. The number of amides is 1. The Morgan fingerprint density at radius 1 is 1.18 bits per heavy atom. The molecule has 0 aliphatic rings. The number of hydrogen-bond acceptors (Lipinski definition) is 1. The first kappa shape index (κ1) is 11.5. The van der Waals surface area contributed by atoms with Gasteiger partial charge in [-0.2, -0.15) is 0 Å². The average molecular weight is 228 g/mol. The van der Waals surface area contributed by atoms with E-state index in [1.54, 1.807) is 0 Å². The summed E-state index contributed by atoms with van der Waals surface area (Å²) < 4.78 is 2.04. The van der Waals surface area contributed by atoms with E-state index in [2.05, 4.69) is 5.32 Å². The monoisotopic (exact) mass is 228 g/mol. The van der Waals surface area contributed by atoms with Crippen LogP contribution in [0.25, 0.3) is 0 Å². The molecular weight excluding hydrogens is 212 g/mol. The molecule has 1 heterocycles. The Kier molecular flexibility index (Phi) is 3.60. The zero-order chi connectivity index (χ0) is 12.1. The van der Waals surface area contributed by atoms with E-state index in [1.165, 1.54) is 0 Å². The maximum Gasteiger partial charge on any atom is 0.251 e. The van der Waals surface area contributed by atoms with Crippen LogP contribution in [0.15, 0.2) is 48.8 Å². The fourth-order valence-corrected chi connectivity index (χ4v) is 1.74. The predicted octanol–water partition coefficient (Wildman–Crippen LogP) is 2.23. The first-order valence-electron chi connectivity index (χ1n) is 5.72. The van der Waals surface area contributed by atoms with E-state index in [0.717, 1.165) is 17.7 Å². The summed E-state index contributed by atoms with van der Waals surface area (Å²) in [6.07, 6.45) is 3.97. The SMILES string of the molecule is Cc1ccccc1C(=O)NCCn1cccc1. The zero-order valence-electron chi connectivity index (χ0n) is 9.89. The molecule has 0 spiro atoms. The summed E-state index contributed by atoms with van der Waals surface area (Å²) in [6, 6.07) is 11.6. The van der Waals surface area contributed by atoms with Crippen molar-refractivity contribution in [2.24, 2.45) is 0 Å². The van der Waals surface area contributed by atoms with E-state index in [4.69, 9.17) is 0 Å². The van der Waals surface area contributed by atoms with Crippen molar-refractivity contribution in [3.05, 3.63) is 59.9 Å². The highest BCUT2D eigenvalue weighted by atomic mass is 16.1. The van der Waals surface area contributed by atoms with Crippen molar-refractivity contribution < 1.29 is 4.79 Å². The van der Waals surface area contributed by atoms with Crippen molar-refractivity contribution in [3.63, 3.8) is 0 Å². The Morgan fingerprint density at radius 3 is 2.59 bits per heavy atom. The molecule has 2 aromatic rings. The standard InChI is InChI=1S/C14H16N2O/c1-12-6-2-3-7-13(12)14(17)15-8-11-16-9-4-5-10-16/h2-7,9-10H,8,11H2,1H3,(H,15,17). The second-order valence-electron chi connectivity index (χ2n) is 3.99. The minimum absolute atomic E-state index is 0.00439. The molecule has 3 nitrogen and oxygen atoms in total. The quantitative estimate of drug-likeness (QED) is 0.855. The third-order valence-corrected chi connectivity index (χ3v) is 2.71. The Labute approximate surface area is 101 Å². The molecule has 0 radical (unpaired) electrons. The predicted molar refractivity (Wildman–Crippen MR) is 67.9 cm³/mol. The Balaban J connectivity index is 1.88. The van der Waals surface area contributed by atoms with E-state index in [-0.39, 0.29) is 5.91 Å². The molecule has 0 unspecified atom stereocenters. The first-order valence-corrected chi connectivity index (χ1v) is 5.72. The van der Waals surface area contributed by atoms with Gasteiger partial charge in [0, 0.05) is 31.0 Å². The number of aromatic nitrogens is 1.